The van der Waals surface area contributed by atoms with E-state index in [9.17, 15) is 14.4 Å². The molecule has 0 saturated carbocycles. The molecule has 0 atom stereocenters. The lowest BCUT2D eigenvalue weighted by Crippen LogP contribution is -2.39. The SMILES string of the molecule is Cn1c(=O)c(C=O)c2n(c1=O)CCS2. The van der Waals surface area contributed by atoms with Gasteiger partial charge < -0.3 is 0 Å². The third kappa shape index (κ3) is 1.07. The van der Waals surface area contributed by atoms with Crippen LogP contribution in [0.25, 0.3) is 0 Å². The zero-order valence-electron chi connectivity index (χ0n) is 7.52. The molecule has 0 saturated heterocycles. The van der Waals surface area contributed by atoms with Gasteiger partial charge in [-0.15, -0.1) is 11.8 Å². The molecule has 1 aliphatic heterocycles. The van der Waals surface area contributed by atoms with Gasteiger partial charge in [-0.05, 0) is 0 Å². The fourth-order valence-corrected chi connectivity index (χ4v) is 2.54. The lowest BCUT2D eigenvalue weighted by atomic mass is 10.3. The molecule has 0 radical (unpaired) electrons. The quantitative estimate of drug-likeness (QED) is 0.463. The summed E-state index contributed by atoms with van der Waals surface area (Å²) in [5.74, 6) is 0.736. The van der Waals surface area contributed by atoms with Gasteiger partial charge in [-0.2, -0.15) is 0 Å². The van der Waals surface area contributed by atoms with Crippen LogP contribution in [0.15, 0.2) is 14.6 Å². The van der Waals surface area contributed by atoms with E-state index in [2.05, 4.69) is 0 Å². The van der Waals surface area contributed by atoms with Gasteiger partial charge >= 0.3 is 5.69 Å². The summed E-state index contributed by atoms with van der Waals surface area (Å²) in [5, 5.41) is 0.508. The van der Waals surface area contributed by atoms with Crippen molar-refractivity contribution in [1.29, 1.82) is 0 Å². The Morgan fingerprint density at radius 3 is 2.79 bits per heavy atom. The Hall–Kier alpha value is -1.30. The van der Waals surface area contributed by atoms with Gasteiger partial charge in [-0.1, -0.05) is 0 Å². The van der Waals surface area contributed by atoms with Crippen molar-refractivity contribution in [2.75, 3.05) is 5.75 Å². The number of hydrogen-bond acceptors (Lipinski definition) is 4. The van der Waals surface area contributed by atoms with E-state index >= 15 is 0 Å². The number of carbonyl (C=O) groups excluding carboxylic acids is 1. The Morgan fingerprint density at radius 2 is 2.14 bits per heavy atom. The molecular weight excluding hydrogens is 204 g/mol. The van der Waals surface area contributed by atoms with E-state index in [0.29, 0.717) is 17.9 Å². The van der Waals surface area contributed by atoms with Gasteiger partial charge in [0.2, 0.25) is 0 Å². The van der Waals surface area contributed by atoms with Gasteiger partial charge in [0, 0.05) is 19.3 Å². The first-order valence-electron chi connectivity index (χ1n) is 4.08. The lowest BCUT2D eigenvalue weighted by Gasteiger charge is -2.05. The van der Waals surface area contributed by atoms with Gasteiger partial charge in [0.1, 0.15) is 5.56 Å². The minimum Gasteiger partial charge on any atom is -0.298 e. The Labute approximate surface area is 83.4 Å². The fraction of sp³-hybridized carbons (Fsp3) is 0.375. The molecule has 0 aromatic carbocycles. The molecule has 74 valence electrons. The van der Waals surface area contributed by atoms with Crippen LogP contribution in [0.4, 0.5) is 0 Å². The Morgan fingerprint density at radius 1 is 1.43 bits per heavy atom. The highest BCUT2D eigenvalue weighted by Crippen LogP contribution is 2.24. The molecule has 0 N–H and O–H groups in total. The molecule has 0 spiro atoms. The van der Waals surface area contributed by atoms with Crippen LogP contribution in [0, 0.1) is 0 Å². The first kappa shape index (κ1) is 9.26. The molecule has 2 rings (SSSR count). The number of aromatic nitrogens is 2. The van der Waals surface area contributed by atoms with E-state index in [0.717, 1.165) is 10.3 Å². The molecule has 0 bridgehead atoms. The predicted octanol–water partition coefficient (Wildman–Crippen LogP) is -0.535. The van der Waals surface area contributed by atoms with Gasteiger partial charge in [0.15, 0.2) is 6.29 Å². The van der Waals surface area contributed by atoms with Crippen LogP contribution >= 0.6 is 11.8 Å². The minimum absolute atomic E-state index is 0.0922. The van der Waals surface area contributed by atoms with Crippen molar-refractivity contribution < 1.29 is 4.79 Å². The second-order valence-corrected chi connectivity index (χ2v) is 4.07. The number of fused-ring (bicyclic) bond motifs is 1. The number of aldehydes is 1. The van der Waals surface area contributed by atoms with Crippen molar-refractivity contribution in [3.63, 3.8) is 0 Å². The second-order valence-electron chi connectivity index (χ2n) is 2.98. The van der Waals surface area contributed by atoms with E-state index in [1.165, 1.54) is 23.4 Å². The molecule has 14 heavy (non-hydrogen) atoms. The highest BCUT2D eigenvalue weighted by molar-refractivity contribution is 7.99. The average Bonchev–Trinajstić information content (AvgIpc) is 2.64. The van der Waals surface area contributed by atoms with Gasteiger partial charge in [0.25, 0.3) is 5.56 Å². The topological polar surface area (TPSA) is 61.1 Å². The lowest BCUT2D eigenvalue weighted by molar-refractivity contribution is 0.111. The maximum atomic E-state index is 11.5. The first-order chi connectivity index (χ1) is 6.66. The average molecular weight is 212 g/mol. The Kier molecular flexibility index (Phi) is 2.07. The molecule has 6 heteroatoms. The van der Waals surface area contributed by atoms with Crippen LogP contribution in [0.2, 0.25) is 0 Å². The largest absolute Gasteiger partial charge is 0.331 e. The summed E-state index contributed by atoms with van der Waals surface area (Å²) in [6.07, 6.45) is 0.520. The number of thioether (sulfide) groups is 1. The molecular formula is C8H8N2O3S. The van der Waals surface area contributed by atoms with Crippen LogP contribution in [-0.4, -0.2) is 21.2 Å². The summed E-state index contributed by atoms with van der Waals surface area (Å²) >= 11 is 1.37. The zero-order valence-corrected chi connectivity index (χ0v) is 8.34. The summed E-state index contributed by atoms with van der Waals surface area (Å²) in [4.78, 5) is 33.7. The van der Waals surface area contributed by atoms with Gasteiger partial charge in [-0.3, -0.25) is 18.7 Å². The van der Waals surface area contributed by atoms with Crippen molar-refractivity contribution >= 4 is 18.0 Å². The predicted molar refractivity (Wildman–Crippen MR) is 52.1 cm³/mol. The smallest absolute Gasteiger partial charge is 0.298 e. The monoisotopic (exact) mass is 212 g/mol. The molecule has 0 fully saturated rings. The molecule has 2 heterocycles. The standard InChI is InChI=1S/C8H8N2O3S/c1-9-6(12)5(4-11)7-10(8(9)13)2-3-14-7/h4H,2-3H2,1H3. The maximum Gasteiger partial charge on any atom is 0.331 e. The minimum atomic E-state index is -0.509. The Balaban J connectivity index is 2.95. The van der Waals surface area contributed by atoms with Crippen molar-refractivity contribution in [2.45, 2.75) is 11.6 Å². The van der Waals surface area contributed by atoms with Crippen molar-refractivity contribution in [1.82, 2.24) is 9.13 Å². The van der Waals surface area contributed by atoms with Crippen LogP contribution in [0.1, 0.15) is 10.4 Å². The zero-order chi connectivity index (χ0) is 10.3. The van der Waals surface area contributed by atoms with E-state index in [4.69, 9.17) is 0 Å². The van der Waals surface area contributed by atoms with E-state index in [1.807, 2.05) is 0 Å². The Bertz CT molecular complexity index is 515. The third-order valence-electron chi connectivity index (χ3n) is 2.20. The van der Waals surface area contributed by atoms with E-state index < -0.39 is 5.56 Å². The molecule has 5 nitrogen and oxygen atoms in total. The molecule has 0 amide bonds. The summed E-state index contributed by atoms with van der Waals surface area (Å²) in [6, 6.07) is 0. The number of rotatable bonds is 1. The number of carbonyl (C=O) groups is 1. The molecule has 0 unspecified atom stereocenters. The first-order valence-corrected chi connectivity index (χ1v) is 5.07. The highest BCUT2D eigenvalue weighted by atomic mass is 32.2. The van der Waals surface area contributed by atoms with Gasteiger partial charge in [0.05, 0.1) is 5.03 Å². The summed E-state index contributed by atoms with van der Waals surface area (Å²) < 4.78 is 2.44. The van der Waals surface area contributed by atoms with Crippen molar-refractivity contribution in [2.24, 2.45) is 7.05 Å². The van der Waals surface area contributed by atoms with E-state index in [-0.39, 0.29) is 11.3 Å². The summed E-state index contributed by atoms with van der Waals surface area (Å²) in [6.45, 7) is 0.563. The van der Waals surface area contributed by atoms with Crippen LogP contribution in [-0.2, 0) is 13.6 Å². The normalized spacial score (nSPS) is 14.1. The number of hydrogen-bond donors (Lipinski definition) is 0. The van der Waals surface area contributed by atoms with E-state index in [1.54, 1.807) is 0 Å². The van der Waals surface area contributed by atoms with Crippen molar-refractivity contribution in [3.8, 4) is 0 Å². The summed E-state index contributed by atoms with van der Waals surface area (Å²) in [5.41, 5.74) is -0.763. The third-order valence-corrected chi connectivity index (χ3v) is 3.30. The molecule has 1 aromatic rings. The fourth-order valence-electron chi connectivity index (χ4n) is 1.46. The molecule has 0 aliphatic carbocycles. The van der Waals surface area contributed by atoms with Crippen LogP contribution in [0.5, 0.6) is 0 Å². The molecule has 1 aromatic heterocycles. The highest BCUT2D eigenvalue weighted by Gasteiger charge is 2.21. The summed E-state index contributed by atoms with van der Waals surface area (Å²) in [7, 11) is 1.38. The van der Waals surface area contributed by atoms with Crippen LogP contribution < -0.4 is 11.2 Å². The second kappa shape index (κ2) is 3.13. The van der Waals surface area contributed by atoms with Crippen molar-refractivity contribution in [3.05, 3.63) is 26.4 Å². The maximum absolute atomic E-state index is 11.5. The van der Waals surface area contributed by atoms with Gasteiger partial charge in [-0.25, -0.2) is 4.79 Å². The molecule has 1 aliphatic rings. The number of nitrogens with zero attached hydrogens (tertiary/aromatic N) is 2. The van der Waals surface area contributed by atoms with Crippen LogP contribution in [0.3, 0.4) is 0 Å².